The maximum Gasteiger partial charge on any atom is 0.161 e. The summed E-state index contributed by atoms with van der Waals surface area (Å²) >= 11 is 0. The summed E-state index contributed by atoms with van der Waals surface area (Å²) in [6.07, 6.45) is 1.14. The minimum atomic E-state index is -0.0332. The third kappa shape index (κ3) is 5.91. The van der Waals surface area contributed by atoms with Gasteiger partial charge in [-0.05, 0) is 58.3 Å². The van der Waals surface area contributed by atoms with Crippen molar-refractivity contribution in [3.05, 3.63) is 23.8 Å². The summed E-state index contributed by atoms with van der Waals surface area (Å²) < 4.78 is 10.6. The lowest BCUT2D eigenvalue weighted by Crippen LogP contribution is -2.31. The lowest BCUT2D eigenvalue weighted by atomic mass is 10.1. The molecule has 0 aliphatic carbocycles. The molecule has 1 unspecified atom stereocenters. The molecule has 21 heavy (non-hydrogen) atoms. The molecule has 0 aliphatic heterocycles. The minimum Gasteiger partial charge on any atom is -0.493 e. The topological polar surface area (TPSA) is 51.0 Å². The summed E-state index contributed by atoms with van der Waals surface area (Å²) in [6, 6.07) is 5.82. The highest BCUT2D eigenvalue weighted by molar-refractivity contribution is 5.43. The van der Waals surface area contributed by atoms with Gasteiger partial charge in [-0.3, -0.25) is 0 Å². The number of ether oxygens (including phenoxy) is 2. The minimum absolute atomic E-state index is 0.0332. The normalized spacial score (nSPS) is 12.8. The van der Waals surface area contributed by atoms with Gasteiger partial charge in [-0.25, -0.2) is 0 Å². The molecule has 2 N–H and O–H groups in total. The second-order valence-electron chi connectivity index (χ2n) is 5.64. The van der Waals surface area contributed by atoms with E-state index in [9.17, 15) is 0 Å². The largest absolute Gasteiger partial charge is 0.493 e. The number of nitrogens with zero attached hydrogens (tertiary/aromatic N) is 2. The summed E-state index contributed by atoms with van der Waals surface area (Å²) in [4.78, 5) is 4.47. The van der Waals surface area contributed by atoms with Gasteiger partial charge in [0.2, 0.25) is 0 Å². The monoisotopic (exact) mass is 295 g/mol. The summed E-state index contributed by atoms with van der Waals surface area (Å²) in [5.41, 5.74) is 7.36. The molecule has 5 heteroatoms. The second-order valence-corrected chi connectivity index (χ2v) is 5.64. The van der Waals surface area contributed by atoms with Crippen molar-refractivity contribution in [3.63, 3.8) is 0 Å². The summed E-state index contributed by atoms with van der Waals surface area (Å²) in [6.45, 7) is 2.96. The number of benzene rings is 1. The van der Waals surface area contributed by atoms with Crippen LogP contribution in [0.2, 0.25) is 0 Å². The van der Waals surface area contributed by atoms with Crippen LogP contribution >= 0.6 is 0 Å². The van der Waals surface area contributed by atoms with E-state index in [1.54, 1.807) is 14.2 Å². The maximum absolute atomic E-state index is 6.29. The third-order valence-electron chi connectivity index (χ3n) is 3.49. The Morgan fingerprint density at radius 1 is 1.05 bits per heavy atom. The molecule has 0 radical (unpaired) electrons. The average molecular weight is 295 g/mol. The Bertz CT molecular complexity index is 424. The van der Waals surface area contributed by atoms with E-state index >= 15 is 0 Å². The van der Waals surface area contributed by atoms with Gasteiger partial charge in [0.15, 0.2) is 11.5 Å². The van der Waals surface area contributed by atoms with Crippen molar-refractivity contribution < 1.29 is 9.47 Å². The van der Waals surface area contributed by atoms with Gasteiger partial charge in [-0.15, -0.1) is 0 Å². The molecule has 1 atom stereocenters. The van der Waals surface area contributed by atoms with Crippen molar-refractivity contribution in [1.82, 2.24) is 9.80 Å². The third-order valence-corrected chi connectivity index (χ3v) is 3.49. The lowest BCUT2D eigenvalue weighted by Gasteiger charge is -2.22. The predicted octanol–water partition coefficient (Wildman–Crippen LogP) is 1.59. The molecule has 0 amide bonds. The summed E-state index contributed by atoms with van der Waals surface area (Å²) in [5, 5.41) is 0. The van der Waals surface area contributed by atoms with Crippen LogP contribution in [0.1, 0.15) is 18.0 Å². The van der Waals surface area contributed by atoms with Crippen LogP contribution < -0.4 is 15.2 Å². The van der Waals surface area contributed by atoms with Crippen molar-refractivity contribution in [2.24, 2.45) is 5.73 Å². The van der Waals surface area contributed by atoms with Crippen molar-refractivity contribution >= 4 is 0 Å². The van der Waals surface area contributed by atoms with Crippen molar-refractivity contribution in [3.8, 4) is 11.5 Å². The van der Waals surface area contributed by atoms with Gasteiger partial charge in [0.25, 0.3) is 0 Å². The molecule has 0 aliphatic rings. The number of nitrogens with two attached hydrogens (primary N) is 1. The van der Waals surface area contributed by atoms with Gasteiger partial charge in [0.05, 0.1) is 14.2 Å². The molecule has 1 aromatic carbocycles. The molecule has 0 fully saturated rings. The van der Waals surface area contributed by atoms with E-state index in [0.29, 0.717) is 0 Å². The zero-order chi connectivity index (χ0) is 15.8. The van der Waals surface area contributed by atoms with E-state index < -0.39 is 0 Å². The number of methoxy groups -OCH3 is 2. The van der Waals surface area contributed by atoms with Crippen LogP contribution in [0, 0.1) is 0 Å². The fourth-order valence-corrected chi connectivity index (χ4v) is 2.27. The number of hydrogen-bond donors (Lipinski definition) is 1. The molecule has 1 aromatic rings. The summed E-state index contributed by atoms with van der Waals surface area (Å²) in [7, 11) is 9.57. The quantitative estimate of drug-likeness (QED) is 0.750. The fourth-order valence-electron chi connectivity index (χ4n) is 2.27. The smallest absolute Gasteiger partial charge is 0.161 e. The van der Waals surface area contributed by atoms with Gasteiger partial charge in [-0.1, -0.05) is 6.07 Å². The van der Waals surface area contributed by atoms with Crippen LogP contribution in [0.5, 0.6) is 11.5 Å². The Hall–Kier alpha value is -1.30. The zero-order valence-electron chi connectivity index (χ0n) is 13.9. The maximum atomic E-state index is 6.29. The van der Waals surface area contributed by atoms with E-state index in [-0.39, 0.29) is 6.04 Å². The molecule has 1 rings (SSSR count). The highest BCUT2D eigenvalue weighted by Gasteiger charge is 2.12. The molecule has 120 valence electrons. The number of rotatable bonds is 9. The molecular formula is C16H29N3O2. The average Bonchev–Trinajstić information content (AvgIpc) is 2.45. The SMILES string of the molecule is COc1ccc(C(N)CN(C)CCCN(C)C)cc1OC. The van der Waals surface area contributed by atoms with Crippen molar-refractivity contribution in [1.29, 1.82) is 0 Å². The Balaban J connectivity index is 2.56. The van der Waals surface area contributed by atoms with Crippen LogP contribution in [-0.2, 0) is 0 Å². The van der Waals surface area contributed by atoms with Crippen LogP contribution in [0.15, 0.2) is 18.2 Å². The van der Waals surface area contributed by atoms with Crippen LogP contribution in [0.3, 0.4) is 0 Å². The Morgan fingerprint density at radius 2 is 1.71 bits per heavy atom. The molecule has 5 nitrogen and oxygen atoms in total. The van der Waals surface area contributed by atoms with Crippen LogP contribution in [-0.4, -0.2) is 64.8 Å². The van der Waals surface area contributed by atoms with Crippen molar-refractivity contribution in [2.75, 3.05) is 55.0 Å². The Kier molecular flexibility index (Phi) is 7.50. The van der Waals surface area contributed by atoms with E-state index in [1.165, 1.54) is 0 Å². The molecule has 0 heterocycles. The molecule has 0 aromatic heterocycles. The van der Waals surface area contributed by atoms with Gasteiger partial charge in [-0.2, -0.15) is 0 Å². The first kappa shape index (κ1) is 17.8. The Morgan fingerprint density at radius 3 is 2.29 bits per heavy atom. The molecular weight excluding hydrogens is 266 g/mol. The zero-order valence-corrected chi connectivity index (χ0v) is 13.9. The fraction of sp³-hybridized carbons (Fsp3) is 0.625. The van der Waals surface area contributed by atoms with E-state index in [2.05, 4.69) is 30.9 Å². The van der Waals surface area contributed by atoms with Crippen LogP contribution in [0.25, 0.3) is 0 Å². The highest BCUT2D eigenvalue weighted by atomic mass is 16.5. The molecule has 0 bridgehead atoms. The van der Waals surface area contributed by atoms with E-state index in [4.69, 9.17) is 15.2 Å². The van der Waals surface area contributed by atoms with E-state index in [0.717, 1.165) is 43.1 Å². The first-order valence-electron chi connectivity index (χ1n) is 7.28. The predicted molar refractivity (Wildman–Crippen MR) is 87.1 cm³/mol. The van der Waals surface area contributed by atoms with Gasteiger partial charge < -0.3 is 25.0 Å². The van der Waals surface area contributed by atoms with Gasteiger partial charge in [0, 0.05) is 12.6 Å². The molecule has 0 saturated heterocycles. The summed E-state index contributed by atoms with van der Waals surface area (Å²) in [5.74, 6) is 1.45. The number of likely N-dealkylation sites (N-methyl/N-ethyl adjacent to an activating group) is 1. The van der Waals surface area contributed by atoms with Crippen LogP contribution in [0.4, 0.5) is 0 Å². The standard InChI is InChI=1S/C16H29N3O2/c1-18(2)9-6-10-19(3)12-14(17)13-7-8-15(20-4)16(11-13)21-5/h7-8,11,14H,6,9-10,12,17H2,1-5H3. The highest BCUT2D eigenvalue weighted by Crippen LogP contribution is 2.29. The van der Waals surface area contributed by atoms with E-state index in [1.807, 2.05) is 18.2 Å². The molecule has 0 spiro atoms. The molecule has 0 saturated carbocycles. The number of hydrogen-bond acceptors (Lipinski definition) is 5. The van der Waals surface area contributed by atoms with Gasteiger partial charge >= 0.3 is 0 Å². The Labute approximate surface area is 128 Å². The second kappa shape index (κ2) is 8.87. The first-order chi connectivity index (χ1) is 9.97. The lowest BCUT2D eigenvalue weighted by molar-refractivity contribution is 0.286. The first-order valence-corrected chi connectivity index (χ1v) is 7.28. The van der Waals surface area contributed by atoms with Crippen molar-refractivity contribution in [2.45, 2.75) is 12.5 Å². The van der Waals surface area contributed by atoms with Gasteiger partial charge in [0.1, 0.15) is 0 Å².